The van der Waals surface area contributed by atoms with Gasteiger partial charge in [-0.25, -0.2) is 4.98 Å². The molecule has 0 fully saturated rings. The average molecular weight is 361 g/mol. The predicted molar refractivity (Wildman–Crippen MR) is 96.0 cm³/mol. The summed E-state index contributed by atoms with van der Waals surface area (Å²) in [5, 5.41) is 0. The molecule has 0 saturated heterocycles. The number of halogens is 1. The van der Waals surface area contributed by atoms with Gasteiger partial charge >= 0.3 is 0 Å². The number of methoxy groups -OCH3 is 1. The quantitative estimate of drug-likeness (QED) is 0.812. The van der Waals surface area contributed by atoms with Crippen molar-refractivity contribution in [3.8, 4) is 18.1 Å². The molecule has 1 heterocycles. The SMILES string of the molecule is C#Cc1ccc(N)cn1.CCC(C)c1cc(OC)ccc1Br. The number of aromatic nitrogens is 1. The second-order valence-corrected chi connectivity index (χ2v) is 5.67. The summed E-state index contributed by atoms with van der Waals surface area (Å²) in [7, 11) is 1.70. The summed E-state index contributed by atoms with van der Waals surface area (Å²) in [6.45, 7) is 4.41. The standard InChI is InChI=1S/C11H15BrO.C7H6N2/c1-4-8(2)10-7-9(13-3)5-6-11(10)12;1-2-7-4-3-6(8)5-9-7/h5-8H,4H2,1-3H3;1,3-5H,8H2. The molecule has 0 aliphatic carbocycles. The minimum absolute atomic E-state index is 0.574. The van der Waals surface area contributed by atoms with Crippen LogP contribution in [0.15, 0.2) is 41.0 Å². The van der Waals surface area contributed by atoms with Crippen LogP contribution in [0.3, 0.4) is 0 Å². The third kappa shape index (κ3) is 5.42. The minimum atomic E-state index is 0.574. The molecule has 2 aromatic rings. The first-order valence-corrected chi connectivity index (χ1v) is 7.82. The minimum Gasteiger partial charge on any atom is -0.497 e. The maximum Gasteiger partial charge on any atom is 0.119 e. The van der Waals surface area contributed by atoms with E-state index in [4.69, 9.17) is 16.9 Å². The van der Waals surface area contributed by atoms with Gasteiger partial charge in [0, 0.05) is 4.47 Å². The van der Waals surface area contributed by atoms with E-state index < -0.39 is 0 Å². The number of hydrogen-bond acceptors (Lipinski definition) is 3. The fourth-order valence-electron chi connectivity index (χ4n) is 1.74. The average Bonchev–Trinajstić information content (AvgIpc) is 2.56. The number of nitrogens with two attached hydrogens (primary N) is 1. The maximum atomic E-state index is 5.35. The van der Waals surface area contributed by atoms with Crippen LogP contribution < -0.4 is 10.5 Å². The van der Waals surface area contributed by atoms with Crippen molar-refractivity contribution in [3.05, 3.63) is 52.3 Å². The monoisotopic (exact) mass is 360 g/mol. The maximum absolute atomic E-state index is 5.35. The van der Waals surface area contributed by atoms with Crippen molar-refractivity contribution in [2.75, 3.05) is 12.8 Å². The van der Waals surface area contributed by atoms with Gasteiger partial charge in [-0.2, -0.15) is 0 Å². The van der Waals surface area contributed by atoms with Gasteiger partial charge in [0.1, 0.15) is 11.4 Å². The second-order valence-electron chi connectivity index (χ2n) is 4.82. The molecule has 0 amide bonds. The van der Waals surface area contributed by atoms with Crippen LogP contribution in [0, 0.1) is 12.3 Å². The van der Waals surface area contributed by atoms with Gasteiger partial charge in [0.05, 0.1) is 19.0 Å². The summed E-state index contributed by atoms with van der Waals surface area (Å²) in [6, 6.07) is 9.53. The Morgan fingerprint density at radius 2 is 2.09 bits per heavy atom. The molecule has 0 saturated carbocycles. The molecular weight excluding hydrogens is 340 g/mol. The Kier molecular flexibility index (Phi) is 7.48. The lowest BCUT2D eigenvalue weighted by Gasteiger charge is -2.12. The summed E-state index contributed by atoms with van der Waals surface area (Å²) in [6.07, 6.45) is 7.73. The molecule has 2 N–H and O–H groups in total. The van der Waals surface area contributed by atoms with E-state index in [0.717, 1.165) is 12.2 Å². The molecule has 0 aliphatic rings. The molecule has 3 nitrogen and oxygen atoms in total. The summed E-state index contributed by atoms with van der Waals surface area (Å²) in [5.41, 5.74) is 7.92. The molecule has 1 unspecified atom stereocenters. The lowest BCUT2D eigenvalue weighted by molar-refractivity contribution is 0.413. The highest BCUT2D eigenvalue weighted by Gasteiger charge is 2.08. The Hall–Kier alpha value is -1.99. The van der Waals surface area contributed by atoms with Crippen LogP contribution in [0.5, 0.6) is 5.75 Å². The molecule has 1 aromatic carbocycles. The number of benzene rings is 1. The van der Waals surface area contributed by atoms with Crippen LogP contribution in [0.4, 0.5) is 5.69 Å². The summed E-state index contributed by atoms with van der Waals surface area (Å²) in [4.78, 5) is 3.84. The fraction of sp³-hybridized carbons (Fsp3) is 0.278. The Balaban J connectivity index is 0.000000235. The van der Waals surface area contributed by atoms with Crippen LogP contribution in [0.1, 0.15) is 37.4 Å². The molecule has 1 aromatic heterocycles. The highest BCUT2D eigenvalue weighted by atomic mass is 79.9. The van der Waals surface area contributed by atoms with Crippen LogP contribution >= 0.6 is 15.9 Å². The molecule has 0 aliphatic heterocycles. The molecule has 22 heavy (non-hydrogen) atoms. The first-order chi connectivity index (χ1) is 10.5. The highest BCUT2D eigenvalue weighted by Crippen LogP contribution is 2.30. The van der Waals surface area contributed by atoms with Gasteiger partial charge in [0.2, 0.25) is 0 Å². The number of hydrogen-bond donors (Lipinski definition) is 1. The number of pyridine rings is 1. The molecular formula is C18H21BrN2O. The third-order valence-electron chi connectivity index (χ3n) is 3.28. The van der Waals surface area contributed by atoms with Crippen molar-refractivity contribution < 1.29 is 4.74 Å². The van der Waals surface area contributed by atoms with Crippen LogP contribution in [-0.2, 0) is 0 Å². The van der Waals surface area contributed by atoms with Crippen molar-refractivity contribution in [2.24, 2.45) is 0 Å². The molecule has 0 radical (unpaired) electrons. The van der Waals surface area contributed by atoms with E-state index in [-0.39, 0.29) is 0 Å². The summed E-state index contributed by atoms with van der Waals surface area (Å²) in [5.74, 6) is 3.89. The Labute approximate surface area is 141 Å². The van der Waals surface area contributed by atoms with Crippen LogP contribution in [-0.4, -0.2) is 12.1 Å². The van der Waals surface area contributed by atoms with E-state index in [0.29, 0.717) is 17.3 Å². The number of rotatable bonds is 3. The van der Waals surface area contributed by atoms with E-state index in [9.17, 15) is 0 Å². The van der Waals surface area contributed by atoms with Gasteiger partial charge in [-0.15, -0.1) is 6.42 Å². The molecule has 1 atom stereocenters. The zero-order valence-corrected chi connectivity index (χ0v) is 14.7. The lowest BCUT2D eigenvalue weighted by atomic mass is 9.99. The van der Waals surface area contributed by atoms with Gasteiger partial charge in [-0.05, 0) is 48.2 Å². The van der Waals surface area contributed by atoms with E-state index >= 15 is 0 Å². The zero-order valence-electron chi connectivity index (χ0n) is 13.1. The first kappa shape index (κ1) is 18.1. The molecule has 4 heteroatoms. The largest absolute Gasteiger partial charge is 0.497 e. The summed E-state index contributed by atoms with van der Waals surface area (Å²) >= 11 is 3.55. The van der Waals surface area contributed by atoms with Crippen molar-refractivity contribution in [1.29, 1.82) is 0 Å². The fourth-order valence-corrected chi connectivity index (χ4v) is 2.37. The normalized spacial score (nSPS) is 10.9. The van der Waals surface area contributed by atoms with Crippen molar-refractivity contribution in [3.63, 3.8) is 0 Å². The third-order valence-corrected chi connectivity index (χ3v) is 4.00. The highest BCUT2D eigenvalue weighted by molar-refractivity contribution is 9.10. The Morgan fingerprint density at radius 1 is 1.36 bits per heavy atom. The van der Waals surface area contributed by atoms with Gasteiger partial charge in [0.15, 0.2) is 0 Å². The van der Waals surface area contributed by atoms with Crippen LogP contribution in [0.25, 0.3) is 0 Å². The van der Waals surface area contributed by atoms with Gasteiger partial charge < -0.3 is 10.5 Å². The van der Waals surface area contributed by atoms with E-state index in [1.54, 1.807) is 19.2 Å². The predicted octanol–water partition coefficient (Wildman–Crippen LogP) is 4.62. The van der Waals surface area contributed by atoms with Crippen LogP contribution in [0.2, 0.25) is 0 Å². The number of terminal acetylenes is 1. The Bertz CT molecular complexity index is 633. The van der Waals surface area contributed by atoms with Crippen molar-refractivity contribution in [1.82, 2.24) is 4.98 Å². The summed E-state index contributed by atoms with van der Waals surface area (Å²) < 4.78 is 6.35. The van der Waals surface area contributed by atoms with Gasteiger partial charge in [-0.1, -0.05) is 35.7 Å². The van der Waals surface area contributed by atoms with Gasteiger partial charge in [-0.3, -0.25) is 0 Å². The number of anilines is 1. The molecule has 0 bridgehead atoms. The lowest BCUT2D eigenvalue weighted by Crippen LogP contribution is -1.94. The first-order valence-electron chi connectivity index (χ1n) is 7.03. The van der Waals surface area contributed by atoms with Gasteiger partial charge in [0.25, 0.3) is 0 Å². The molecule has 0 spiro atoms. The Morgan fingerprint density at radius 3 is 2.59 bits per heavy atom. The van der Waals surface area contributed by atoms with E-state index in [2.05, 4.69) is 46.7 Å². The topological polar surface area (TPSA) is 48.1 Å². The smallest absolute Gasteiger partial charge is 0.119 e. The zero-order chi connectivity index (χ0) is 16.5. The van der Waals surface area contributed by atoms with E-state index in [1.807, 2.05) is 12.1 Å². The number of ether oxygens (including phenoxy) is 1. The number of nitrogens with zero attached hydrogens (tertiary/aromatic N) is 1. The van der Waals surface area contributed by atoms with E-state index in [1.165, 1.54) is 16.2 Å². The number of nitrogen functional groups attached to an aromatic ring is 1. The molecule has 2 rings (SSSR count). The van der Waals surface area contributed by atoms with Crippen molar-refractivity contribution in [2.45, 2.75) is 26.2 Å². The van der Waals surface area contributed by atoms with Crippen molar-refractivity contribution >= 4 is 21.6 Å². The molecule has 116 valence electrons. The second kappa shape index (κ2) is 9.11.